The van der Waals surface area contributed by atoms with Crippen LogP contribution in [-0.4, -0.2) is 5.71 Å². The lowest BCUT2D eigenvalue weighted by Gasteiger charge is -2.30. The number of nitrogens with one attached hydrogen (secondary N) is 1. The normalized spacial score (nSPS) is 16.6. The summed E-state index contributed by atoms with van der Waals surface area (Å²) in [6, 6.07) is 78.5. The zero-order chi connectivity index (χ0) is 43.5. The molecule has 0 fully saturated rings. The van der Waals surface area contributed by atoms with Crippen molar-refractivity contribution in [1.82, 2.24) is 0 Å². The van der Waals surface area contributed by atoms with Crippen molar-refractivity contribution in [2.24, 2.45) is 4.99 Å². The van der Waals surface area contributed by atoms with Gasteiger partial charge in [-0.15, -0.1) is 0 Å². The summed E-state index contributed by atoms with van der Waals surface area (Å²) >= 11 is 4.01. The number of aliphatic imine (C=N–C) groups is 1. The van der Waals surface area contributed by atoms with Crippen LogP contribution in [0.15, 0.2) is 222 Å². The number of para-hydroxylation sites is 2. The fraction of sp³-hybridized carbons (Fsp3) is 0.113. The zero-order valence-corrected chi connectivity index (χ0v) is 37.9. The lowest BCUT2D eigenvalue weighted by atomic mass is 9.70. The van der Waals surface area contributed by atoms with Gasteiger partial charge in [0.15, 0.2) is 0 Å². The first-order valence-electron chi connectivity index (χ1n) is 22.9. The van der Waals surface area contributed by atoms with Crippen LogP contribution in [0.25, 0.3) is 33.4 Å². The maximum Gasteiger partial charge on any atom is 0.0726 e. The van der Waals surface area contributed by atoms with E-state index in [1.54, 1.807) is 0 Å². The molecule has 2 nitrogen and oxygen atoms in total. The number of nitrogens with zero attached hydrogens (tertiary/aromatic N) is 1. The van der Waals surface area contributed by atoms with Gasteiger partial charge in [-0.05, 0) is 146 Å². The van der Waals surface area contributed by atoms with E-state index in [9.17, 15) is 0 Å². The summed E-state index contributed by atoms with van der Waals surface area (Å²) in [6.45, 7) is 2.31. The summed E-state index contributed by atoms with van der Waals surface area (Å²) in [5.41, 5.74) is 23.5. The first kappa shape index (κ1) is 39.5. The van der Waals surface area contributed by atoms with Crippen LogP contribution >= 0.6 is 15.9 Å². The van der Waals surface area contributed by atoms with E-state index in [1.807, 2.05) is 0 Å². The molecule has 0 radical (unpaired) electrons. The summed E-state index contributed by atoms with van der Waals surface area (Å²) in [7, 11) is 0. The van der Waals surface area contributed by atoms with E-state index in [1.165, 1.54) is 89.0 Å². The Kier molecular flexibility index (Phi) is 9.83. The topological polar surface area (TPSA) is 24.4 Å². The minimum absolute atomic E-state index is 0.000837. The van der Waals surface area contributed by atoms with Gasteiger partial charge >= 0.3 is 0 Å². The number of aryl methyl sites for hydroxylation is 1. The molecule has 1 aliphatic heterocycles. The Labute approximate surface area is 390 Å². The number of anilines is 1. The highest BCUT2D eigenvalue weighted by Gasteiger charge is 2.52. The first-order chi connectivity index (χ1) is 32.1. The maximum absolute atomic E-state index is 5.51. The summed E-state index contributed by atoms with van der Waals surface area (Å²) in [4.78, 5) is 5.51. The molecule has 9 aromatic carbocycles. The first-order valence-corrected chi connectivity index (χ1v) is 23.7. The highest BCUT2D eigenvalue weighted by Crippen LogP contribution is 2.65. The Bertz CT molecular complexity index is 3310. The van der Waals surface area contributed by atoms with Crippen molar-refractivity contribution < 1.29 is 0 Å². The van der Waals surface area contributed by atoms with Crippen molar-refractivity contribution in [1.29, 1.82) is 0 Å². The quantitative estimate of drug-likeness (QED) is 0.145. The van der Waals surface area contributed by atoms with Crippen LogP contribution < -0.4 is 5.32 Å². The second kappa shape index (κ2) is 16.2. The predicted octanol–water partition coefficient (Wildman–Crippen LogP) is 16.1. The Morgan fingerprint density at radius 1 is 0.538 bits per heavy atom. The third-order valence-electron chi connectivity index (χ3n) is 14.2. The standard InChI is InChI=1S/C62H47BrN2/c1-40(64-57-32-14-8-22-43(57)36-42-20-6-3-7-21-42)44-37-45(39-46(38-44)61-49(35-34-41-18-4-2-5-19-41)48-23-11-15-33-58(48)65-61)47-26-16-29-54-59(47)50-24-9-12-27-52(50)62(54)53-28-13-10-25-51(53)60-55(62)30-17-31-56(60)63/h2-33,37-40,49,64H,34-36H2,1H3. The van der Waals surface area contributed by atoms with E-state index in [-0.39, 0.29) is 12.0 Å². The van der Waals surface area contributed by atoms with Gasteiger partial charge in [0.25, 0.3) is 0 Å². The Morgan fingerprint density at radius 2 is 1.12 bits per heavy atom. The van der Waals surface area contributed by atoms with Crippen LogP contribution in [0.5, 0.6) is 0 Å². The fourth-order valence-corrected chi connectivity index (χ4v) is 11.9. The van der Waals surface area contributed by atoms with Gasteiger partial charge in [0.1, 0.15) is 0 Å². The van der Waals surface area contributed by atoms with Gasteiger partial charge in [0.2, 0.25) is 0 Å². The fourth-order valence-electron chi connectivity index (χ4n) is 11.3. The number of benzene rings is 9. The van der Waals surface area contributed by atoms with Gasteiger partial charge in [0, 0.05) is 27.7 Å². The molecule has 1 heterocycles. The maximum atomic E-state index is 5.51. The molecule has 0 bridgehead atoms. The Morgan fingerprint density at radius 3 is 1.91 bits per heavy atom. The lowest BCUT2D eigenvalue weighted by Crippen LogP contribution is -2.25. The van der Waals surface area contributed by atoms with Gasteiger partial charge < -0.3 is 5.32 Å². The van der Waals surface area contributed by atoms with E-state index in [0.717, 1.165) is 40.8 Å². The van der Waals surface area contributed by atoms with E-state index in [0.29, 0.717) is 0 Å². The molecule has 0 saturated carbocycles. The highest BCUT2D eigenvalue weighted by atomic mass is 79.9. The van der Waals surface area contributed by atoms with E-state index in [2.05, 4.69) is 240 Å². The number of hydrogen-bond donors (Lipinski definition) is 1. The van der Waals surface area contributed by atoms with Crippen LogP contribution in [-0.2, 0) is 18.3 Å². The SMILES string of the molecule is CC(Nc1ccccc1Cc1ccccc1)c1cc(C2=Nc3ccccc3C2CCc2ccccc2)cc(-c2cccc3c2-c2ccccc2C32c3ccccc3-c3c(Br)cccc32)c1. The molecule has 12 rings (SSSR count). The number of halogens is 1. The number of fused-ring (bicyclic) bond motifs is 11. The molecule has 9 aromatic rings. The number of rotatable bonds is 10. The molecule has 3 unspecified atom stereocenters. The number of hydrogen-bond acceptors (Lipinski definition) is 2. The summed E-state index contributed by atoms with van der Waals surface area (Å²) in [6.07, 6.45) is 2.82. The van der Waals surface area contributed by atoms with Crippen molar-refractivity contribution in [3.05, 3.63) is 272 Å². The van der Waals surface area contributed by atoms with Gasteiger partial charge in [0.05, 0.1) is 16.8 Å². The van der Waals surface area contributed by atoms with Crippen molar-refractivity contribution in [3.8, 4) is 33.4 Å². The van der Waals surface area contributed by atoms with Crippen LogP contribution in [0.2, 0.25) is 0 Å². The molecular weight excluding hydrogens is 853 g/mol. The summed E-state index contributed by atoms with van der Waals surface area (Å²) in [5, 5.41) is 4.01. The van der Waals surface area contributed by atoms with Gasteiger partial charge in [-0.3, -0.25) is 4.99 Å². The minimum Gasteiger partial charge on any atom is -0.378 e. The second-order valence-electron chi connectivity index (χ2n) is 17.9. The molecule has 3 aliphatic rings. The van der Waals surface area contributed by atoms with Crippen molar-refractivity contribution in [3.63, 3.8) is 0 Å². The summed E-state index contributed by atoms with van der Waals surface area (Å²) < 4.78 is 1.13. The molecular formula is C62H47BrN2. The van der Waals surface area contributed by atoms with Crippen molar-refractivity contribution in [2.75, 3.05) is 5.32 Å². The molecule has 0 aromatic heterocycles. The second-order valence-corrected chi connectivity index (χ2v) is 18.7. The summed E-state index contributed by atoms with van der Waals surface area (Å²) in [5.74, 6) is 0.166. The van der Waals surface area contributed by atoms with Crippen LogP contribution in [0.1, 0.15) is 80.9 Å². The molecule has 312 valence electrons. The molecule has 0 saturated heterocycles. The largest absolute Gasteiger partial charge is 0.378 e. The smallest absolute Gasteiger partial charge is 0.0726 e. The van der Waals surface area contributed by atoms with Gasteiger partial charge in [-0.1, -0.05) is 192 Å². The average Bonchev–Trinajstić information content (AvgIpc) is 3.99. The minimum atomic E-state index is -0.449. The highest BCUT2D eigenvalue weighted by molar-refractivity contribution is 9.10. The van der Waals surface area contributed by atoms with E-state index in [4.69, 9.17) is 4.99 Å². The third-order valence-corrected chi connectivity index (χ3v) is 14.9. The van der Waals surface area contributed by atoms with E-state index >= 15 is 0 Å². The monoisotopic (exact) mass is 898 g/mol. The van der Waals surface area contributed by atoms with Crippen LogP contribution in [0, 0.1) is 0 Å². The van der Waals surface area contributed by atoms with Gasteiger partial charge in [-0.25, -0.2) is 0 Å². The van der Waals surface area contributed by atoms with Crippen LogP contribution in [0.3, 0.4) is 0 Å². The van der Waals surface area contributed by atoms with Gasteiger partial charge in [-0.2, -0.15) is 0 Å². The molecule has 1 N–H and O–H groups in total. The molecule has 2 aliphatic carbocycles. The molecule has 3 heteroatoms. The predicted molar refractivity (Wildman–Crippen MR) is 274 cm³/mol. The van der Waals surface area contributed by atoms with Crippen molar-refractivity contribution >= 4 is 33.0 Å². The molecule has 0 amide bonds. The Hall–Kier alpha value is -7.07. The lowest BCUT2D eigenvalue weighted by molar-refractivity contribution is 0.777. The average molecular weight is 900 g/mol. The molecule has 65 heavy (non-hydrogen) atoms. The Balaban J connectivity index is 1.04. The third kappa shape index (κ3) is 6.55. The van der Waals surface area contributed by atoms with Crippen molar-refractivity contribution in [2.45, 2.75) is 43.6 Å². The zero-order valence-electron chi connectivity index (χ0n) is 36.3. The van der Waals surface area contributed by atoms with E-state index < -0.39 is 5.41 Å². The molecule has 3 atom stereocenters. The molecule has 1 spiro atoms. The van der Waals surface area contributed by atoms with Crippen LogP contribution in [0.4, 0.5) is 11.4 Å².